The molecule has 2 bridgehead atoms. The second-order valence-electron chi connectivity index (χ2n) is 10.1. The Kier molecular flexibility index (Phi) is 8.09. The first kappa shape index (κ1) is 27.4. The molecule has 0 radical (unpaired) electrons. The van der Waals surface area contributed by atoms with Gasteiger partial charge in [0, 0.05) is 12.6 Å². The molecule has 1 heterocycles. The van der Waals surface area contributed by atoms with Crippen LogP contribution in [0.2, 0.25) is 0 Å². The van der Waals surface area contributed by atoms with Gasteiger partial charge < -0.3 is 0 Å². The van der Waals surface area contributed by atoms with Crippen molar-refractivity contribution in [2.45, 2.75) is 56.9 Å². The van der Waals surface area contributed by atoms with Gasteiger partial charge in [-0.2, -0.15) is 44.2 Å². The van der Waals surface area contributed by atoms with Crippen molar-refractivity contribution in [2.24, 2.45) is 17.8 Å². The van der Waals surface area contributed by atoms with Crippen molar-refractivity contribution >= 4 is 16.3 Å². The van der Waals surface area contributed by atoms with Crippen LogP contribution in [-0.4, -0.2) is 57.9 Å². The van der Waals surface area contributed by atoms with Crippen LogP contribution in [-0.2, 0) is 23.1 Å². The molecule has 3 atom stereocenters. The first-order chi connectivity index (χ1) is 16.8. The minimum atomic E-state index is -4.63. The molecule has 1 saturated heterocycles. The summed E-state index contributed by atoms with van der Waals surface area (Å²) in [7, 11) is -4.28. The van der Waals surface area contributed by atoms with Crippen LogP contribution in [0, 0.1) is 17.8 Å². The summed E-state index contributed by atoms with van der Waals surface area (Å²) in [5.41, 5.74) is 3.17. The molecule has 202 valence electrons. The van der Waals surface area contributed by atoms with Gasteiger partial charge in [-0.05, 0) is 80.1 Å². The Morgan fingerprint density at radius 2 is 1.58 bits per heavy atom. The van der Waals surface area contributed by atoms with Crippen molar-refractivity contribution in [1.82, 2.24) is 14.3 Å². The second-order valence-corrected chi connectivity index (χ2v) is 11.7. The lowest BCUT2D eigenvalue weighted by Crippen LogP contribution is -2.49. The SMILES string of the molecule is O=S(=O)(NCC(F)(F)F)N[C@H]1[C@@H]2CC[C@H]1Cc1ccc(C=CCN3CCC(C(F)(F)F)CC3)cc1C2. The third kappa shape index (κ3) is 7.23. The molecular weight excluding hydrogens is 508 g/mol. The summed E-state index contributed by atoms with van der Waals surface area (Å²) >= 11 is 0. The highest BCUT2D eigenvalue weighted by atomic mass is 32.2. The number of nitrogens with zero attached hydrogens (tertiary/aromatic N) is 1. The van der Waals surface area contributed by atoms with Crippen LogP contribution in [0.5, 0.6) is 0 Å². The van der Waals surface area contributed by atoms with E-state index in [1.807, 2.05) is 29.2 Å². The first-order valence-corrected chi connectivity index (χ1v) is 13.7. The Labute approximate surface area is 207 Å². The molecule has 2 N–H and O–H groups in total. The monoisotopic (exact) mass is 539 g/mol. The first-order valence-electron chi connectivity index (χ1n) is 12.2. The quantitative estimate of drug-likeness (QED) is 0.504. The van der Waals surface area contributed by atoms with Gasteiger partial charge in [0.25, 0.3) is 10.2 Å². The van der Waals surface area contributed by atoms with Crippen molar-refractivity contribution in [1.29, 1.82) is 0 Å². The predicted molar refractivity (Wildman–Crippen MR) is 124 cm³/mol. The molecule has 0 unspecified atom stereocenters. The van der Waals surface area contributed by atoms with Gasteiger partial charge in [-0.1, -0.05) is 30.4 Å². The number of alkyl halides is 6. The normalized spacial score (nSPS) is 26.3. The Balaban J connectivity index is 1.35. The number of hydrogen-bond donors (Lipinski definition) is 2. The van der Waals surface area contributed by atoms with Crippen molar-refractivity contribution in [3.63, 3.8) is 0 Å². The van der Waals surface area contributed by atoms with Crippen LogP contribution in [0.15, 0.2) is 24.3 Å². The third-order valence-corrected chi connectivity index (χ3v) is 8.70. The highest BCUT2D eigenvalue weighted by Gasteiger charge is 2.42. The molecule has 4 rings (SSSR count). The number of likely N-dealkylation sites (tertiary alicyclic amines) is 1. The molecular formula is C24H31F6N3O2S. The highest BCUT2D eigenvalue weighted by molar-refractivity contribution is 7.87. The molecule has 0 aromatic heterocycles. The van der Waals surface area contributed by atoms with Gasteiger partial charge in [-0.25, -0.2) is 0 Å². The summed E-state index contributed by atoms with van der Waals surface area (Å²) in [5, 5.41) is 0. The molecule has 5 nitrogen and oxygen atoms in total. The zero-order chi connectivity index (χ0) is 26.1. The van der Waals surface area contributed by atoms with Gasteiger partial charge >= 0.3 is 12.4 Å². The van der Waals surface area contributed by atoms with Crippen LogP contribution in [0.1, 0.15) is 42.4 Å². The topological polar surface area (TPSA) is 61.4 Å². The molecule has 1 aromatic rings. The Bertz CT molecular complexity index is 1050. The van der Waals surface area contributed by atoms with Gasteiger partial charge in [-0.3, -0.25) is 4.90 Å². The van der Waals surface area contributed by atoms with E-state index in [1.165, 1.54) is 0 Å². The minimum Gasteiger partial charge on any atom is -0.300 e. The number of rotatable bonds is 7. The van der Waals surface area contributed by atoms with Crippen LogP contribution in [0.3, 0.4) is 0 Å². The Morgan fingerprint density at radius 1 is 0.944 bits per heavy atom. The maximum Gasteiger partial charge on any atom is 0.402 e. The molecule has 2 aliphatic carbocycles. The molecule has 1 aromatic carbocycles. The van der Waals surface area contributed by atoms with Crippen molar-refractivity contribution < 1.29 is 34.8 Å². The summed E-state index contributed by atoms with van der Waals surface area (Å²) in [4.78, 5) is 2.00. The maximum atomic E-state index is 12.8. The van der Waals surface area contributed by atoms with Gasteiger partial charge in [0.05, 0.1) is 5.92 Å². The van der Waals surface area contributed by atoms with Crippen LogP contribution in [0.4, 0.5) is 26.3 Å². The Hall–Kier alpha value is -1.63. The Morgan fingerprint density at radius 3 is 2.19 bits per heavy atom. The number of piperidine rings is 1. The second kappa shape index (κ2) is 10.6. The van der Waals surface area contributed by atoms with Gasteiger partial charge in [0.15, 0.2) is 0 Å². The highest BCUT2D eigenvalue weighted by Crippen LogP contribution is 2.40. The number of halogens is 6. The van der Waals surface area contributed by atoms with E-state index in [1.54, 1.807) is 4.72 Å². The van der Waals surface area contributed by atoms with Crippen LogP contribution < -0.4 is 9.44 Å². The lowest BCUT2D eigenvalue weighted by Gasteiger charge is -2.32. The number of fused-ring (bicyclic) bond motifs is 3. The van der Waals surface area contributed by atoms with E-state index in [0.717, 1.165) is 29.5 Å². The predicted octanol–water partition coefficient (Wildman–Crippen LogP) is 4.45. The van der Waals surface area contributed by atoms with Gasteiger partial charge in [0.2, 0.25) is 0 Å². The average molecular weight is 540 g/mol. The molecule has 3 aliphatic rings. The summed E-state index contributed by atoms with van der Waals surface area (Å²) < 4.78 is 104. The zero-order valence-corrected chi connectivity index (χ0v) is 20.5. The fraction of sp³-hybridized carbons (Fsp3) is 0.667. The standard InChI is InChI=1S/C24H31F6N3O2S/c25-23(26,27)15-31-36(34,35)32-22-18-5-6-19(22)14-20-12-16(3-4-17(20)13-18)2-1-9-33-10-7-21(8-11-33)24(28,29)30/h1-4,12,18-19,21-22,31-32H,5-11,13-15H2/t18-,19+,22+/m0/s1. The molecule has 1 aliphatic heterocycles. The van der Waals surface area contributed by atoms with Crippen molar-refractivity contribution in [2.75, 3.05) is 26.2 Å². The third-order valence-electron chi connectivity index (χ3n) is 7.60. The lowest BCUT2D eigenvalue weighted by molar-refractivity contribution is -0.184. The van der Waals surface area contributed by atoms with Crippen LogP contribution >= 0.6 is 0 Å². The van der Waals surface area contributed by atoms with E-state index in [2.05, 4.69) is 10.8 Å². The molecule has 36 heavy (non-hydrogen) atoms. The van der Waals surface area contributed by atoms with E-state index in [0.29, 0.717) is 32.5 Å². The van der Waals surface area contributed by atoms with Gasteiger partial charge in [-0.15, -0.1) is 0 Å². The zero-order valence-electron chi connectivity index (χ0n) is 19.7. The van der Waals surface area contributed by atoms with E-state index in [4.69, 9.17) is 0 Å². The maximum absolute atomic E-state index is 12.8. The summed E-state index contributed by atoms with van der Waals surface area (Å²) in [6.45, 7) is -0.213. The smallest absolute Gasteiger partial charge is 0.300 e. The summed E-state index contributed by atoms with van der Waals surface area (Å²) in [5.74, 6) is -1.21. The molecule has 2 fully saturated rings. The molecule has 0 amide bonds. The fourth-order valence-electron chi connectivity index (χ4n) is 5.70. The summed E-state index contributed by atoms with van der Waals surface area (Å²) in [6.07, 6.45) is -1.74. The largest absolute Gasteiger partial charge is 0.402 e. The van der Waals surface area contributed by atoms with E-state index in [9.17, 15) is 34.8 Å². The number of nitrogens with one attached hydrogen (secondary N) is 2. The van der Waals surface area contributed by atoms with Crippen molar-refractivity contribution in [3.8, 4) is 0 Å². The van der Waals surface area contributed by atoms with Crippen LogP contribution in [0.25, 0.3) is 6.08 Å². The molecule has 12 heteroatoms. The lowest BCUT2D eigenvalue weighted by atomic mass is 9.92. The molecule has 1 saturated carbocycles. The summed E-state index contributed by atoms with van der Waals surface area (Å²) in [6, 6.07) is 5.60. The van der Waals surface area contributed by atoms with E-state index in [-0.39, 0.29) is 24.7 Å². The van der Waals surface area contributed by atoms with E-state index >= 15 is 0 Å². The number of hydrogen-bond acceptors (Lipinski definition) is 3. The average Bonchev–Trinajstić information content (AvgIpc) is 3.05. The fourth-order valence-corrected chi connectivity index (χ4v) is 6.88. The van der Waals surface area contributed by atoms with Gasteiger partial charge in [0.1, 0.15) is 6.54 Å². The van der Waals surface area contributed by atoms with E-state index < -0.39 is 41.1 Å². The minimum absolute atomic E-state index is 0.00660. The molecule has 0 spiro atoms. The number of benzene rings is 1. The van der Waals surface area contributed by atoms with Crippen molar-refractivity contribution in [3.05, 3.63) is 41.0 Å².